The second-order valence-electron chi connectivity index (χ2n) is 9.52. The number of allylic oxidation sites excluding steroid dienone is 3. The summed E-state index contributed by atoms with van der Waals surface area (Å²) in [5.41, 5.74) is 8.44. The maximum absolute atomic E-state index is 5.48. The van der Waals surface area contributed by atoms with Crippen LogP contribution >= 0.6 is 11.3 Å². The highest BCUT2D eigenvalue weighted by molar-refractivity contribution is 7.12. The number of fused-ring (bicyclic) bond motifs is 4. The smallest absolute Gasteiger partial charge is 0.0963 e. The molecule has 7 heteroatoms. The molecular weight excluding hydrogens is 442 g/mol. The van der Waals surface area contributed by atoms with Gasteiger partial charge in [-0.1, -0.05) is 24.3 Å². The zero-order chi connectivity index (χ0) is 22.6. The molecule has 6 nitrogen and oxygen atoms in total. The van der Waals surface area contributed by atoms with Gasteiger partial charge in [0, 0.05) is 76.2 Å². The quantitative estimate of drug-likeness (QED) is 0.375. The first-order valence-electron chi connectivity index (χ1n) is 12.1. The third-order valence-electron chi connectivity index (χ3n) is 7.38. The average molecular weight is 470 g/mol. The standard InChI is InChI=1S/C27H27N5OS/c1-32-23-12-17(2-3-18(23)15-28-32)26-22-14-25-21(27(22)31-30-26)13-24(34-25)16-4-6-19(7-5-16)29-20-8-10-33-11-9-20/h2-4,6-7,12-13,15-16,20,29H,5,8-11,14H2,1H3,(H,30,31). The minimum Gasteiger partial charge on any atom is -0.382 e. The Morgan fingerprint density at radius 1 is 1.21 bits per heavy atom. The lowest BCUT2D eigenvalue weighted by atomic mass is 9.96. The molecule has 34 heavy (non-hydrogen) atoms. The van der Waals surface area contributed by atoms with E-state index in [4.69, 9.17) is 9.84 Å². The van der Waals surface area contributed by atoms with E-state index in [-0.39, 0.29) is 0 Å². The molecule has 4 heterocycles. The second kappa shape index (κ2) is 7.96. The summed E-state index contributed by atoms with van der Waals surface area (Å²) in [7, 11) is 1.99. The van der Waals surface area contributed by atoms with Crippen LogP contribution in [0.4, 0.5) is 0 Å². The first-order valence-corrected chi connectivity index (χ1v) is 12.9. The highest BCUT2D eigenvalue weighted by Crippen LogP contribution is 2.46. The zero-order valence-corrected chi connectivity index (χ0v) is 20.0. The maximum Gasteiger partial charge on any atom is 0.0963 e. The summed E-state index contributed by atoms with van der Waals surface area (Å²) in [6.45, 7) is 1.74. The van der Waals surface area contributed by atoms with Crippen LogP contribution in [0.25, 0.3) is 33.4 Å². The number of rotatable bonds is 4. The van der Waals surface area contributed by atoms with Crippen LogP contribution in [0.5, 0.6) is 0 Å². The van der Waals surface area contributed by atoms with Crippen molar-refractivity contribution in [3.8, 4) is 22.5 Å². The molecule has 1 aromatic carbocycles. The van der Waals surface area contributed by atoms with Crippen molar-refractivity contribution in [2.45, 2.75) is 37.6 Å². The Bertz CT molecular complexity index is 1450. The number of ether oxygens (including phenoxy) is 1. The predicted molar refractivity (Wildman–Crippen MR) is 136 cm³/mol. The van der Waals surface area contributed by atoms with Gasteiger partial charge in [0.25, 0.3) is 0 Å². The predicted octanol–water partition coefficient (Wildman–Crippen LogP) is 5.29. The van der Waals surface area contributed by atoms with Gasteiger partial charge < -0.3 is 10.1 Å². The van der Waals surface area contributed by atoms with Crippen LogP contribution in [-0.2, 0) is 18.2 Å². The number of nitrogens with zero attached hydrogens (tertiary/aromatic N) is 3. The lowest BCUT2D eigenvalue weighted by molar-refractivity contribution is 0.0806. The van der Waals surface area contributed by atoms with Crippen molar-refractivity contribution in [2.24, 2.45) is 7.05 Å². The number of thiophene rings is 1. The highest BCUT2D eigenvalue weighted by Gasteiger charge is 2.29. The fourth-order valence-corrected chi connectivity index (χ4v) is 6.72. The van der Waals surface area contributed by atoms with Gasteiger partial charge in [-0.2, -0.15) is 10.2 Å². The Hall–Kier alpha value is -3.16. The van der Waals surface area contributed by atoms with Gasteiger partial charge in [-0.3, -0.25) is 9.78 Å². The summed E-state index contributed by atoms with van der Waals surface area (Å²) in [5.74, 6) is 0.453. The van der Waals surface area contributed by atoms with Gasteiger partial charge in [-0.25, -0.2) is 0 Å². The number of aryl methyl sites for hydroxylation is 1. The molecule has 0 amide bonds. The van der Waals surface area contributed by atoms with Gasteiger partial charge in [-0.05, 0) is 37.5 Å². The van der Waals surface area contributed by atoms with Crippen molar-refractivity contribution < 1.29 is 4.74 Å². The molecule has 4 aromatic rings. The van der Waals surface area contributed by atoms with Gasteiger partial charge in [0.2, 0.25) is 0 Å². The first kappa shape index (κ1) is 20.2. The number of benzene rings is 1. The van der Waals surface area contributed by atoms with Crippen molar-refractivity contribution in [1.29, 1.82) is 0 Å². The number of aromatic nitrogens is 4. The molecule has 3 aromatic heterocycles. The van der Waals surface area contributed by atoms with Crippen LogP contribution in [0.15, 0.2) is 54.4 Å². The maximum atomic E-state index is 5.48. The second-order valence-corrected chi connectivity index (χ2v) is 10.7. The highest BCUT2D eigenvalue weighted by atomic mass is 32.1. The van der Waals surface area contributed by atoms with E-state index in [9.17, 15) is 0 Å². The van der Waals surface area contributed by atoms with Gasteiger partial charge in [-0.15, -0.1) is 11.3 Å². The lowest BCUT2D eigenvalue weighted by Crippen LogP contribution is -2.34. The van der Waals surface area contributed by atoms with E-state index in [1.54, 1.807) is 0 Å². The van der Waals surface area contributed by atoms with E-state index in [0.29, 0.717) is 12.0 Å². The van der Waals surface area contributed by atoms with Gasteiger partial charge in [0.1, 0.15) is 0 Å². The molecule has 2 N–H and O–H groups in total. The largest absolute Gasteiger partial charge is 0.382 e. The molecule has 1 aliphatic heterocycles. The number of hydrogen-bond donors (Lipinski definition) is 2. The van der Waals surface area contributed by atoms with E-state index in [1.165, 1.54) is 32.3 Å². The molecule has 0 spiro atoms. The van der Waals surface area contributed by atoms with Crippen molar-refractivity contribution in [2.75, 3.05) is 13.2 Å². The first-order chi connectivity index (χ1) is 16.7. The number of nitrogens with one attached hydrogen (secondary N) is 2. The molecule has 7 rings (SSSR count). The minimum atomic E-state index is 0.453. The molecule has 172 valence electrons. The van der Waals surface area contributed by atoms with E-state index >= 15 is 0 Å². The van der Waals surface area contributed by atoms with E-state index in [2.05, 4.69) is 58.0 Å². The van der Waals surface area contributed by atoms with Crippen LogP contribution in [0.2, 0.25) is 0 Å². The summed E-state index contributed by atoms with van der Waals surface area (Å²) in [6, 6.07) is 9.41. The molecule has 1 unspecified atom stereocenters. The van der Waals surface area contributed by atoms with E-state index in [1.807, 2.05) is 29.3 Å². The van der Waals surface area contributed by atoms with E-state index in [0.717, 1.165) is 61.1 Å². The number of aromatic amines is 1. The molecule has 0 radical (unpaired) electrons. The zero-order valence-electron chi connectivity index (χ0n) is 19.2. The minimum absolute atomic E-state index is 0.453. The van der Waals surface area contributed by atoms with Crippen LogP contribution in [-0.4, -0.2) is 39.2 Å². The molecule has 1 fully saturated rings. The van der Waals surface area contributed by atoms with Crippen molar-refractivity contribution in [3.63, 3.8) is 0 Å². The Kier molecular flexibility index (Phi) is 4.74. The lowest BCUT2D eigenvalue weighted by Gasteiger charge is -2.26. The van der Waals surface area contributed by atoms with Crippen molar-refractivity contribution >= 4 is 22.2 Å². The fourth-order valence-electron chi connectivity index (χ4n) is 5.44. The van der Waals surface area contributed by atoms with Gasteiger partial charge in [0.05, 0.1) is 23.1 Å². The molecule has 0 saturated carbocycles. The van der Waals surface area contributed by atoms with Crippen LogP contribution < -0.4 is 5.32 Å². The van der Waals surface area contributed by atoms with Crippen molar-refractivity contribution in [3.05, 3.63) is 69.7 Å². The Balaban J connectivity index is 1.11. The number of H-pyrrole nitrogens is 1. The summed E-state index contributed by atoms with van der Waals surface area (Å²) >= 11 is 1.96. The van der Waals surface area contributed by atoms with Crippen LogP contribution in [0.3, 0.4) is 0 Å². The molecule has 3 aliphatic rings. The Labute approximate surface area is 202 Å². The third kappa shape index (κ3) is 3.34. The number of hydrogen-bond acceptors (Lipinski definition) is 5. The fraction of sp³-hybridized carbons (Fsp3) is 0.333. The van der Waals surface area contributed by atoms with Gasteiger partial charge in [0.15, 0.2) is 0 Å². The summed E-state index contributed by atoms with van der Waals surface area (Å²) in [4.78, 5) is 2.89. The summed E-state index contributed by atoms with van der Waals surface area (Å²) < 4.78 is 7.40. The normalized spacial score (nSPS) is 19.9. The molecule has 1 saturated heterocycles. The summed E-state index contributed by atoms with van der Waals surface area (Å²) in [6.07, 6.45) is 13.1. The Morgan fingerprint density at radius 3 is 2.97 bits per heavy atom. The van der Waals surface area contributed by atoms with Crippen molar-refractivity contribution in [1.82, 2.24) is 25.3 Å². The molecule has 2 aliphatic carbocycles. The third-order valence-corrected chi connectivity index (χ3v) is 8.65. The summed E-state index contributed by atoms with van der Waals surface area (Å²) in [5, 5.41) is 17.3. The molecular formula is C27H27N5OS. The SMILES string of the molecule is Cn1ncc2ccc(-c3n[nH]c4c3Cc3sc(C5C=CC(NC6CCOCC6)=CC5)cc3-4)cc21. The average Bonchev–Trinajstić information content (AvgIpc) is 3.62. The Morgan fingerprint density at radius 2 is 2.12 bits per heavy atom. The van der Waals surface area contributed by atoms with E-state index < -0.39 is 0 Å². The van der Waals surface area contributed by atoms with Crippen LogP contribution in [0, 0.1) is 0 Å². The monoisotopic (exact) mass is 469 g/mol. The molecule has 1 atom stereocenters. The van der Waals surface area contributed by atoms with Crippen LogP contribution in [0.1, 0.15) is 40.5 Å². The topological polar surface area (TPSA) is 67.8 Å². The van der Waals surface area contributed by atoms with Gasteiger partial charge >= 0.3 is 0 Å². The molecule has 0 bridgehead atoms.